The van der Waals surface area contributed by atoms with Gasteiger partial charge in [-0.25, -0.2) is 15.0 Å². The molecule has 0 aliphatic carbocycles. The summed E-state index contributed by atoms with van der Waals surface area (Å²) in [5, 5.41) is 0. The van der Waals surface area contributed by atoms with Gasteiger partial charge in [0.2, 0.25) is 0 Å². The molecule has 0 fully saturated rings. The van der Waals surface area contributed by atoms with Gasteiger partial charge in [0.05, 0.1) is 22.5 Å². The number of benzene rings is 1. The largest absolute Gasteiger partial charge is 0.416 e. The van der Waals surface area contributed by atoms with Crippen LogP contribution >= 0.6 is 0 Å². The van der Waals surface area contributed by atoms with Crippen LogP contribution < -0.4 is 0 Å². The molecule has 0 N–H and O–H groups in total. The van der Waals surface area contributed by atoms with Crippen LogP contribution in [0.3, 0.4) is 0 Å². The van der Waals surface area contributed by atoms with Crippen LogP contribution in [0.1, 0.15) is 28.3 Å². The van der Waals surface area contributed by atoms with Crippen LogP contribution in [0.4, 0.5) is 13.2 Å². The number of alkyl halides is 3. The van der Waals surface area contributed by atoms with E-state index in [1.807, 2.05) is 25.3 Å². The second-order valence-electron chi connectivity index (χ2n) is 7.76. The van der Waals surface area contributed by atoms with Crippen molar-refractivity contribution in [1.82, 2.24) is 24.3 Å². The van der Waals surface area contributed by atoms with E-state index in [2.05, 4.69) is 25.3 Å². The summed E-state index contributed by atoms with van der Waals surface area (Å²) < 4.78 is 40.4. The molecule has 4 aromatic rings. The average molecular weight is 423 g/mol. The van der Waals surface area contributed by atoms with Crippen LogP contribution in [0.5, 0.6) is 0 Å². The number of aromatic nitrogens is 4. The van der Waals surface area contributed by atoms with Crippen molar-refractivity contribution < 1.29 is 13.2 Å². The summed E-state index contributed by atoms with van der Waals surface area (Å²) in [6.07, 6.45) is 0.217. The molecule has 0 saturated carbocycles. The van der Waals surface area contributed by atoms with Crippen LogP contribution in [0.15, 0.2) is 54.9 Å². The van der Waals surface area contributed by atoms with Crippen molar-refractivity contribution >= 4 is 5.52 Å². The summed E-state index contributed by atoms with van der Waals surface area (Å²) in [4.78, 5) is 16.1. The molecule has 1 aliphatic heterocycles. The van der Waals surface area contributed by atoms with Gasteiger partial charge in [-0.05, 0) is 31.2 Å². The molecule has 1 aromatic carbocycles. The van der Waals surface area contributed by atoms with Gasteiger partial charge in [-0.15, -0.1) is 0 Å². The lowest BCUT2D eigenvalue weighted by Crippen LogP contribution is -2.31. The van der Waals surface area contributed by atoms with E-state index in [0.717, 1.165) is 59.9 Å². The Morgan fingerprint density at radius 1 is 1.03 bits per heavy atom. The standard InChI is InChI=1S/C23H20F3N5/c1-15-28-20(21-4-2-3-10-31(15)21)14-30-11-9-19-17(13-30)12-27-22(29-19)16-5-7-18(8-6-16)23(24,25)26/h2-8,10,12H,9,11,13-14H2,1H3. The minimum absolute atomic E-state index is 0.455. The second-order valence-corrected chi connectivity index (χ2v) is 7.76. The average Bonchev–Trinajstić information content (AvgIpc) is 3.08. The number of halogens is 3. The number of hydrogen-bond acceptors (Lipinski definition) is 4. The van der Waals surface area contributed by atoms with E-state index in [-0.39, 0.29) is 0 Å². The first kappa shape index (κ1) is 19.7. The van der Waals surface area contributed by atoms with E-state index in [1.165, 1.54) is 12.1 Å². The van der Waals surface area contributed by atoms with Crippen molar-refractivity contribution in [3.8, 4) is 11.4 Å². The Labute approximate surface area is 177 Å². The summed E-state index contributed by atoms with van der Waals surface area (Å²) in [6.45, 7) is 4.29. The molecule has 5 nitrogen and oxygen atoms in total. The zero-order chi connectivity index (χ0) is 21.6. The highest BCUT2D eigenvalue weighted by Gasteiger charge is 2.30. The summed E-state index contributed by atoms with van der Waals surface area (Å²) >= 11 is 0. The van der Waals surface area contributed by atoms with Gasteiger partial charge in [0.25, 0.3) is 0 Å². The molecular weight excluding hydrogens is 403 g/mol. The quantitative estimate of drug-likeness (QED) is 0.480. The Hall–Kier alpha value is -3.26. The van der Waals surface area contributed by atoms with Gasteiger partial charge in [0, 0.05) is 49.6 Å². The molecule has 0 amide bonds. The van der Waals surface area contributed by atoms with Crippen LogP contribution in [0.2, 0.25) is 0 Å². The van der Waals surface area contributed by atoms with Crippen molar-refractivity contribution in [2.24, 2.45) is 0 Å². The second kappa shape index (κ2) is 7.46. The molecule has 0 saturated heterocycles. The number of fused-ring (bicyclic) bond motifs is 2. The monoisotopic (exact) mass is 423 g/mol. The number of aryl methyl sites for hydroxylation is 1. The van der Waals surface area contributed by atoms with Crippen LogP contribution in [0.25, 0.3) is 16.9 Å². The Balaban J connectivity index is 1.34. The SMILES string of the molecule is Cc1nc(CN2CCc3nc(-c4ccc(C(F)(F)F)cc4)ncc3C2)c2ccccn12. The van der Waals surface area contributed by atoms with E-state index in [1.54, 1.807) is 6.20 Å². The minimum Gasteiger partial charge on any atom is -0.304 e. The van der Waals surface area contributed by atoms with Crippen LogP contribution in [0, 0.1) is 6.92 Å². The molecule has 4 heterocycles. The van der Waals surface area contributed by atoms with Crippen LogP contribution in [-0.2, 0) is 25.7 Å². The van der Waals surface area contributed by atoms with Gasteiger partial charge in [0.15, 0.2) is 5.82 Å². The summed E-state index contributed by atoms with van der Waals surface area (Å²) in [5.74, 6) is 1.42. The fourth-order valence-electron chi connectivity index (χ4n) is 4.05. The fraction of sp³-hybridized carbons (Fsp3) is 0.261. The molecule has 158 valence electrons. The fourth-order valence-corrected chi connectivity index (χ4v) is 4.05. The molecule has 0 bridgehead atoms. The molecule has 0 atom stereocenters. The number of nitrogens with zero attached hydrogens (tertiary/aromatic N) is 5. The van der Waals surface area contributed by atoms with E-state index < -0.39 is 11.7 Å². The summed E-state index contributed by atoms with van der Waals surface area (Å²) in [5.41, 5.74) is 4.06. The number of hydrogen-bond donors (Lipinski definition) is 0. The van der Waals surface area contributed by atoms with Gasteiger partial charge >= 0.3 is 6.18 Å². The highest BCUT2D eigenvalue weighted by Crippen LogP contribution is 2.30. The van der Waals surface area contributed by atoms with Crippen molar-refractivity contribution in [2.75, 3.05) is 6.54 Å². The van der Waals surface area contributed by atoms with E-state index in [0.29, 0.717) is 17.9 Å². The third-order valence-corrected chi connectivity index (χ3v) is 5.66. The molecular formula is C23H20F3N5. The third-order valence-electron chi connectivity index (χ3n) is 5.66. The molecule has 8 heteroatoms. The predicted octanol–water partition coefficient (Wildman–Crippen LogP) is 4.68. The maximum absolute atomic E-state index is 12.8. The molecule has 1 aliphatic rings. The Kier molecular flexibility index (Phi) is 4.74. The Morgan fingerprint density at radius 2 is 1.84 bits per heavy atom. The summed E-state index contributed by atoms with van der Waals surface area (Å²) in [7, 11) is 0. The molecule has 31 heavy (non-hydrogen) atoms. The number of imidazole rings is 1. The maximum Gasteiger partial charge on any atom is 0.416 e. The van der Waals surface area contributed by atoms with Crippen molar-refractivity contribution in [3.63, 3.8) is 0 Å². The molecule has 3 aromatic heterocycles. The first-order valence-corrected chi connectivity index (χ1v) is 10.1. The van der Waals surface area contributed by atoms with Crippen molar-refractivity contribution in [3.05, 3.63) is 83.2 Å². The zero-order valence-corrected chi connectivity index (χ0v) is 16.9. The van der Waals surface area contributed by atoms with Gasteiger partial charge in [-0.3, -0.25) is 4.90 Å². The van der Waals surface area contributed by atoms with Gasteiger partial charge < -0.3 is 4.40 Å². The molecule has 0 radical (unpaired) electrons. The van der Waals surface area contributed by atoms with E-state index in [9.17, 15) is 13.2 Å². The maximum atomic E-state index is 12.8. The van der Waals surface area contributed by atoms with E-state index in [4.69, 9.17) is 4.98 Å². The van der Waals surface area contributed by atoms with Crippen molar-refractivity contribution in [1.29, 1.82) is 0 Å². The first-order chi connectivity index (χ1) is 14.9. The lowest BCUT2D eigenvalue weighted by Gasteiger charge is -2.27. The highest BCUT2D eigenvalue weighted by molar-refractivity contribution is 5.56. The third kappa shape index (κ3) is 3.79. The van der Waals surface area contributed by atoms with E-state index >= 15 is 0 Å². The lowest BCUT2D eigenvalue weighted by molar-refractivity contribution is -0.137. The van der Waals surface area contributed by atoms with Gasteiger partial charge in [0.1, 0.15) is 5.82 Å². The van der Waals surface area contributed by atoms with Crippen molar-refractivity contribution in [2.45, 2.75) is 32.6 Å². The highest BCUT2D eigenvalue weighted by atomic mass is 19.4. The zero-order valence-electron chi connectivity index (χ0n) is 16.9. The van der Waals surface area contributed by atoms with Gasteiger partial charge in [-0.1, -0.05) is 18.2 Å². The van der Waals surface area contributed by atoms with Gasteiger partial charge in [-0.2, -0.15) is 13.2 Å². The Bertz CT molecular complexity index is 1240. The molecule has 0 unspecified atom stereocenters. The lowest BCUT2D eigenvalue weighted by atomic mass is 10.1. The molecule has 5 rings (SSSR count). The molecule has 0 spiro atoms. The topological polar surface area (TPSA) is 46.3 Å². The first-order valence-electron chi connectivity index (χ1n) is 10.1. The predicted molar refractivity (Wildman–Crippen MR) is 110 cm³/mol. The summed E-state index contributed by atoms with van der Waals surface area (Å²) in [6, 6.07) is 11.1. The number of pyridine rings is 1. The normalized spacial score (nSPS) is 14.7. The number of rotatable bonds is 3. The Morgan fingerprint density at radius 3 is 2.61 bits per heavy atom. The minimum atomic E-state index is -4.35. The smallest absolute Gasteiger partial charge is 0.304 e. The van der Waals surface area contributed by atoms with Crippen LogP contribution in [-0.4, -0.2) is 30.8 Å².